The Balaban J connectivity index is 1.61. The highest BCUT2D eigenvalue weighted by Crippen LogP contribution is 2.52. The number of hydrogen-bond acceptors (Lipinski definition) is 12. The standard InChI is InChI=1S/C29H31NO12/c1-11-24(34)15(30-10-18(32)33)7-19(41-11)42-17-9-29(39,12(2)31)8-14-21(17)28(38)23-22(26(14)36)25(35)13-5-4-6-16(40-3)20(13)27(23)37/h4-6,11,15,17,19,24,30,34,36,38-39H,7-10H2,1-3H3,(H,32,33)/t11-,15-,17-,19-,24+,29-/m0/s1. The predicted molar refractivity (Wildman–Crippen MR) is 142 cm³/mol. The number of aliphatic hydroxyl groups excluding tert-OH is 1. The van der Waals surface area contributed by atoms with Gasteiger partial charge in [-0.15, -0.1) is 0 Å². The van der Waals surface area contributed by atoms with E-state index in [1.165, 1.54) is 25.3 Å². The Bertz CT molecular complexity index is 1500. The summed E-state index contributed by atoms with van der Waals surface area (Å²) in [4.78, 5) is 50.9. The molecule has 42 heavy (non-hydrogen) atoms. The second-order valence-electron chi connectivity index (χ2n) is 10.9. The second-order valence-corrected chi connectivity index (χ2v) is 10.9. The van der Waals surface area contributed by atoms with Gasteiger partial charge < -0.3 is 45.1 Å². The fourth-order valence-corrected chi connectivity index (χ4v) is 6.05. The van der Waals surface area contributed by atoms with Crippen molar-refractivity contribution in [1.29, 1.82) is 0 Å². The van der Waals surface area contributed by atoms with Gasteiger partial charge in [-0.3, -0.25) is 19.2 Å². The van der Waals surface area contributed by atoms with Crippen LogP contribution in [0.25, 0.3) is 0 Å². The SMILES string of the molecule is COc1cccc2c1C(=O)c1c(O)c3c(c(O)c1C2=O)C[C@@](O)(C(C)=O)C[C@@H]3O[C@H]1C[C@H](NCC(=O)O)[C@H](O)[C@H](C)O1. The molecule has 0 spiro atoms. The average Bonchev–Trinajstić information content (AvgIpc) is 2.93. The lowest BCUT2D eigenvalue weighted by Gasteiger charge is -2.42. The van der Waals surface area contributed by atoms with Crippen LogP contribution in [0.2, 0.25) is 0 Å². The molecule has 2 aromatic rings. The van der Waals surface area contributed by atoms with Gasteiger partial charge in [0, 0.05) is 42.0 Å². The number of carboxylic acids is 1. The number of aliphatic hydroxyl groups is 2. The van der Waals surface area contributed by atoms with E-state index in [9.17, 15) is 39.6 Å². The molecular weight excluding hydrogens is 554 g/mol. The maximum Gasteiger partial charge on any atom is 0.317 e. The van der Waals surface area contributed by atoms with E-state index in [1.807, 2.05) is 0 Å². The lowest BCUT2D eigenvalue weighted by Crippen LogP contribution is -2.55. The van der Waals surface area contributed by atoms with Gasteiger partial charge in [-0.05, 0) is 19.9 Å². The minimum absolute atomic E-state index is 0.0463. The zero-order valence-corrected chi connectivity index (χ0v) is 23.0. The highest BCUT2D eigenvalue weighted by Gasteiger charge is 2.49. The van der Waals surface area contributed by atoms with Crippen LogP contribution in [-0.4, -0.2) is 92.6 Å². The Labute approximate surface area is 239 Å². The zero-order valence-electron chi connectivity index (χ0n) is 23.0. The third-order valence-electron chi connectivity index (χ3n) is 8.27. The van der Waals surface area contributed by atoms with Crippen LogP contribution in [0.4, 0.5) is 0 Å². The fraction of sp³-hybridized carbons (Fsp3) is 0.448. The molecule has 6 N–H and O–H groups in total. The number of phenols is 2. The summed E-state index contributed by atoms with van der Waals surface area (Å²) >= 11 is 0. The molecule has 13 heteroatoms. The number of methoxy groups -OCH3 is 1. The Hall–Kier alpha value is -3.88. The summed E-state index contributed by atoms with van der Waals surface area (Å²) in [6.45, 7) is 2.25. The minimum Gasteiger partial charge on any atom is -0.507 e. The Morgan fingerprint density at radius 3 is 2.45 bits per heavy atom. The number of aliphatic carboxylic acids is 1. The van der Waals surface area contributed by atoms with Gasteiger partial charge in [0.15, 0.2) is 17.9 Å². The van der Waals surface area contributed by atoms with E-state index in [0.29, 0.717) is 0 Å². The minimum atomic E-state index is -2.07. The summed E-state index contributed by atoms with van der Waals surface area (Å²) < 4.78 is 17.2. The number of aromatic hydroxyl groups is 2. The molecule has 0 saturated carbocycles. The summed E-state index contributed by atoms with van der Waals surface area (Å²) in [6, 6.07) is 3.61. The van der Waals surface area contributed by atoms with Crippen molar-refractivity contribution in [2.24, 2.45) is 0 Å². The topological polar surface area (TPSA) is 209 Å². The first-order valence-electron chi connectivity index (χ1n) is 13.3. The van der Waals surface area contributed by atoms with Crippen LogP contribution < -0.4 is 10.1 Å². The lowest BCUT2D eigenvalue weighted by atomic mass is 9.72. The van der Waals surface area contributed by atoms with Gasteiger partial charge in [-0.1, -0.05) is 12.1 Å². The highest BCUT2D eigenvalue weighted by molar-refractivity contribution is 6.31. The van der Waals surface area contributed by atoms with Gasteiger partial charge in [-0.2, -0.15) is 0 Å². The highest BCUT2D eigenvalue weighted by atomic mass is 16.7. The molecule has 1 fully saturated rings. The van der Waals surface area contributed by atoms with Gasteiger partial charge in [0.2, 0.25) is 5.78 Å². The zero-order chi connectivity index (χ0) is 30.7. The van der Waals surface area contributed by atoms with E-state index in [-0.39, 0.29) is 34.4 Å². The number of carbonyl (C=O) groups is 4. The molecule has 0 amide bonds. The molecule has 1 heterocycles. The normalized spacial score (nSPS) is 28.5. The Morgan fingerprint density at radius 1 is 1.12 bits per heavy atom. The fourth-order valence-electron chi connectivity index (χ4n) is 6.05. The monoisotopic (exact) mass is 585 g/mol. The molecule has 6 atom stereocenters. The summed E-state index contributed by atoms with van der Waals surface area (Å²) in [5.41, 5.74) is -3.39. The lowest BCUT2D eigenvalue weighted by molar-refractivity contribution is -0.249. The van der Waals surface area contributed by atoms with Gasteiger partial charge in [0.05, 0.1) is 48.7 Å². The largest absolute Gasteiger partial charge is 0.507 e. The number of nitrogens with one attached hydrogen (secondary N) is 1. The van der Waals surface area contributed by atoms with Crippen molar-refractivity contribution in [3.05, 3.63) is 51.6 Å². The third kappa shape index (κ3) is 4.72. The molecule has 3 aliphatic rings. The number of hydrogen-bond donors (Lipinski definition) is 6. The molecule has 13 nitrogen and oxygen atoms in total. The van der Waals surface area contributed by atoms with Crippen molar-refractivity contribution in [1.82, 2.24) is 5.32 Å². The van der Waals surface area contributed by atoms with E-state index < -0.39 is 102 Å². The van der Waals surface area contributed by atoms with Gasteiger partial charge in [0.1, 0.15) is 22.8 Å². The van der Waals surface area contributed by atoms with Crippen LogP contribution in [0.15, 0.2) is 18.2 Å². The van der Waals surface area contributed by atoms with Crippen molar-refractivity contribution in [2.75, 3.05) is 13.7 Å². The quantitative estimate of drug-likeness (QED) is 0.212. The summed E-state index contributed by atoms with van der Waals surface area (Å²) in [5, 5.41) is 56.5. The Kier molecular flexibility index (Phi) is 7.58. The smallest absolute Gasteiger partial charge is 0.317 e. The van der Waals surface area contributed by atoms with Crippen LogP contribution in [0.5, 0.6) is 17.2 Å². The van der Waals surface area contributed by atoms with Crippen LogP contribution in [0.1, 0.15) is 75.8 Å². The number of phenolic OH excluding ortho intramolecular Hbond substituents is 2. The first-order chi connectivity index (χ1) is 19.8. The molecule has 1 saturated heterocycles. The van der Waals surface area contributed by atoms with E-state index in [0.717, 1.165) is 6.92 Å². The number of carboxylic acid groups (broad SMARTS) is 1. The molecule has 0 aromatic heterocycles. The molecule has 0 unspecified atom stereocenters. The van der Waals surface area contributed by atoms with E-state index in [2.05, 4.69) is 5.32 Å². The van der Waals surface area contributed by atoms with Crippen LogP contribution in [0, 0.1) is 0 Å². The van der Waals surface area contributed by atoms with Crippen LogP contribution in [0.3, 0.4) is 0 Å². The average molecular weight is 586 g/mol. The van der Waals surface area contributed by atoms with Crippen molar-refractivity contribution < 1.29 is 58.9 Å². The maximum absolute atomic E-state index is 13.7. The molecule has 0 bridgehead atoms. The number of Topliss-reactive ketones (excluding diaryl/α,β-unsaturated/α-hetero) is 1. The molecule has 1 aliphatic heterocycles. The first kappa shape index (κ1) is 29.6. The van der Waals surface area contributed by atoms with Crippen LogP contribution >= 0.6 is 0 Å². The Morgan fingerprint density at radius 2 is 1.81 bits per heavy atom. The van der Waals surface area contributed by atoms with Crippen molar-refractivity contribution in [3.63, 3.8) is 0 Å². The molecule has 2 aliphatic carbocycles. The molecule has 2 aromatic carbocycles. The molecule has 224 valence electrons. The van der Waals surface area contributed by atoms with Gasteiger partial charge in [-0.25, -0.2) is 0 Å². The number of fused-ring (bicyclic) bond motifs is 3. The maximum atomic E-state index is 13.7. The summed E-state index contributed by atoms with van der Waals surface area (Å²) in [7, 11) is 1.32. The number of ether oxygens (including phenoxy) is 3. The third-order valence-corrected chi connectivity index (χ3v) is 8.27. The van der Waals surface area contributed by atoms with Crippen molar-refractivity contribution >= 4 is 23.3 Å². The molecule has 0 radical (unpaired) electrons. The van der Waals surface area contributed by atoms with Gasteiger partial charge in [0.25, 0.3) is 0 Å². The van der Waals surface area contributed by atoms with E-state index in [4.69, 9.17) is 19.3 Å². The number of benzene rings is 2. The van der Waals surface area contributed by atoms with E-state index >= 15 is 0 Å². The van der Waals surface area contributed by atoms with Gasteiger partial charge >= 0.3 is 5.97 Å². The predicted octanol–water partition coefficient (Wildman–Crippen LogP) is 0.744. The first-order valence-corrected chi connectivity index (χ1v) is 13.3. The number of rotatable bonds is 7. The van der Waals surface area contributed by atoms with Crippen LogP contribution in [-0.2, 0) is 25.5 Å². The van der Waals surface area contributed by atoms with Crippen molar-refractivity contribution in [3.8, 4) is 17.2 Å². The molecule has 5 rings (SSSR count). The van der Waals surface area contributed by atoms with E-state index in [1.54, 1.807) is 6.92 Å². The summed E-state index contributed by atoms with van der Waals surface area (Å²) in [6.07, 6.45) is -5.28. The molecular formula is C29H31NO12. The number of ketones is 3. The number of carbonyl (C=O) groups excluding carboxylic acids is 3. The van der Waals surface area contributed by atoms with Crippen molar-refractivity contribution in [2.45, 2.75) is 69.4 Å². The summed E-state index contributed by atoms with van der Waals surface area (Å²) in [5.74, 6) is -4.58. The second kappa shape index (κ2) is 10.7.